The molecule has 2 atom stereocenters. The summed E-state index contributed by atoms with van der Waals surface area (Å²) in [7, 11) is 0. The second-order valence-corrected chi connectivity index (χ2v) is 4.47. The van der Waals surface area contributed by atoms with Gasteiger partial charge in [-0.1, -0.05) is 37.3 Å². The number of anilines is 1. The third kappa shape index (κ3) is 1.16. The Kier molecular flexibility index (Phi) is 1.75. The maximum atomic E-state index is 3.54. The van der Waals surface area contributed by atoms with E-state index in [9.17, 15) is 0 Å². The minimum atomic E-state index is 0.547. The van der Waals surface area contributed by atoms with Gasteiger partial charge in [-0.05, 0) is 29.3 Å². The van der Waals surface area contributed by atoms with Gasteiger partial charge in [-0.3, -0.25) is 0 Å². The summed E-state index contributed by atoms with van der Waals surface area (Å²) in [4.78, 5) is 0. The van der Waals surface area contributed by atoms with Gasteiger partial charge in [0, 0.05) is 17.6 Å². The fourth-order valence-corrected chi connectivity index (χ4v) is 2.53. The van der Waals surface area contributed by atoms with Crippen molar-refractivity contribution in [1.82, 2.24) is 0 Å². The quantitative estimate of drug-likeness (QED) is 0.678. The average molecular weight is 197 g/mol. The van der Waals surface area contributed by atoms with Crippen LogP contribution in [-0.4, -0.2) is 6.04 Å². The number of nitrogens with one attached hydrogen (secondary N) is 1. The van der Waals surface area contributed by atoms with Crippen LogP contribution < -0.4 is 5.32 Å². The average Bonchev–Trinajstić information content (AvgIpc) is 2.55. The summed E-state index contributed by atoms with van der Waals surface area (Å²) in [5.41, 5.74) is 2.80. The van der Waals surface area contributed by atoms with Gasteiger partial charge >= 0.3 is 0 Å². The van der Waals surface area contributed by atoms with E-state index in [0.717, 1.165) is 0 Å². The molecule has 0 aromatic heterocycles. The second-order valence-electron chi connectivity index (χ2n) is 4.47. The molecule has 2 aromatic rings. The summed E-state index contributed by atoms with van der Waals surface area (Å²) >= 11 is 0. The van der Waals surface area contributed by atoms with Gasteiger partial charge in [0.05, 0.1) is 0 Å². The van der Waals surface area contributed by atoms with Crippen molar-refractivity contribution in [3.05, 3.63) is 42.0 Å². The lowest BCUT2D eigenvalue weighted by molar-refractivity contribution is 0.693. The highest BCUT2D eigenvalue weighted by molar-refractivity contribution is 5.92. The van der Waals surface area contributed by atoms with Gasteiger partial charge in [0.1, 0.15) is 0 Å². The molecule has 1 heteroatoms. The van der Waals surface area contributed by atoms with Gasteiger partial charge in [0.2, 0.25) is 0 Å². The predicted octanol–water partition coefficient (Wildman–Crippen LogP) is 3.76. The molecule has 15 heavy (non-hydrogen) atoms. The van der Waals surface area contributed by atoms with Crippen LogP contribution in [0.1, 0.15) is 25.3 Å². The predicted molar refractivity (Wildman–Crippen MR) is 65.4 cm³/mol. The number of fused-ring (bicyclic) bond motifs is 3. The maximum Gasteiger partial charge on any atom is 0.0384 e. The Morgan fingerprint density at radius 1 is 1.00 bits per heavy atom. The Labute approximate surface area is 90.1 Å². The van der Waals surface area contributed by atoms with Crippen LogP contribution in [0.25, 0.3) is 10.8 Å². The minimum Gasteiger partial charge on any atom is -0.382 e. The van der Waals surface area contributed by atoms with Crippen LogP contribution in [0.2, 0.25) is 0 Å². The number of benzene rings is 2. The van der Waals surface area contributed by atoms with E-state index in [0.29, 0.717) is 12.0 Å². The monoisotopic (exact) mass is 197 g/mol. The van der Waals surface area contributed by atoms with Crippen LogP contribution in [0.5, 0.6) is 0 Å². The van der Waals surface area contributed by atoms with E-state index in [1.807, 2.05) is 0 Å². The first-order valence-electron chi connectivity index (χ1n) is 5.55. The Hall–Kier alpha value is -1.50. The Bertz CT molecular complexity index is 516. The zero-order chi connectivity index (χ0) is 10.4. The molecule has 1 N–H and O–H groups in total. The molecule has 1 aliphatic heterocycles. The summed E-state index contributed by atoms with van der Waals surface area (Å²) in [6.45, 7) is 4.55. The maximum absolute atomic E-state index is 3.54. The van der Waals surface area contributed by atoms with Crippen LogP contribution in [0.15, 0.2) is 36.4 Å². The first kappa shape index (κ1) is 8.78. The largest absolute Gasteiger partial charge is 0.382 e. The molecule has 2 aromatic carbocycles. The van der Waals surface area contributed by atoms with Gasteiger partial charge in [-0.15, -0.1) is 0 Å². The molecule has 1 heterocycles. The number of hydrogen-bond acceptors (Lipinski definition) is 1. The van der Waals surface area contributed by atoms with Gasteiger partial charge in [-0.25, -0.2) is 0 Å². The fraction of sp³-hybridized carbons (Fsp3) is 0.286. The molecule has 0 aliphatic carbocycles. The van der Waals surface area contributed by atoms with E-state index in [2.05, 4.69) is 55.6 Å². The fourth-order valence-electron chi connectivity index (χ4n) is 2.53. The minimum absolute atomic E-state index is 0.547. The Balaban J connectivity index is 2.35. The first-order chi connectivity index (χ1) is 7.27. The number of hydrogen-bond donors (Lipinski definition) is 1. The van der Waals surface area contributed by atoms with E-state index in [1.54, 1.807) is 0 Å². The summed E-state index contributed by atoms with van der Waals surface area (Å²) in [5.74, 6) is 0.603. The molecule has 1 nitrogen and oxygen atoms in total. The van der Waals surface area contributed by atoms with Crippen molar-refractivity contribution < 1.29 is 0 Å². The van der Waals surface area contributed by atoms with E-state index in [1.165, 1.54) is 22.0 Å². The lowest BCUT2D eigenvalue weighted by atomic mass is 9.93. The summed E-state index contributed by atoms with van der Waals surface area (Å²) in [6, 6.07) is 13.6. The van der Waals surface area contributed by atoms with Crippen LogP contribution in [-0.2, 0) is 0 Å². The molecule has 0 amide bonds. The normalized spacial score (nSPS) is 23.9. The van der Waals surface area contributed by atoms with E-state index < -0.39 is 0 Å². The van der Waals surface area contributed by atoms with Crippen molar-refractivity contribution in [1.29, 1.82) is 0 Å². The molecule has 0 radical (unpaired) electrons. The molecule has 0 saturated carbocycles. The highest BCUT2D eigenvalue weighted by atomic mass is 15.0. The molecular weight excluding hydrogens is 182 g/mol. The Morgan fingerprint density at radius 2 is 1.80 bits per heavy atom. The van der Waals surface area contributed by atoms with Crippen molar-refractivity contribution in [3.8, 4) is 0 Å². The third-order valence-electron chi connectivity index (χ3n) is 3.56. The summed E-state index contributed by atoms with van der Waals surface area (Å²) in [5, 5.41) is 6.29. The van der Waals surface area contributed by atoms with Crippen molar-refractivity contribution in [2.45, 2.75) is 25.8 Å². The van der Waals surface area contributed by atoms with E-state index in [-0.39, 0.29) is 0 Å². The van der Waals surface area contributed by atoms with Crippen molar-refractivity contribution in [3.63, 3.8) is 0 Å². The lowest BCUT2D eigenvalue weighted by Crippen LogP contribution is -2.12. The second kappa shape index (κ2) is 2.99. The molecule has 0 bridgehead atoms. The van der Waals surface area contributed by atoms with Gasteiger partial charge < -0.3 is 5.32 Å². The SMILES string of the molecule is CC1Nc2ccc3ccccc3c2C1C. The summed E-state index contributed by atoms with van der Waals surface area (Å²) in [6.07, 6.45) is 0. The molecule has 0 spiro atoms. The summed E-state index contributed by atoms with van der Waals surface area (Å²) < 4.78 is 0. The zero-order valence-electron chi connectivity index (χ0n) is 9.12. The first-order valence-corrected chi connectivity index (χ1v) is 5.55. The topological polar surface area (TPSA) is 12.0 Å². The molecule has 1 aliphatic rings. The van der Waals surface area contributed by atoms with Crippen LogP contribution in [0.4, 0.5) is 5.69 Å². The van der Waals surface area contributed by atoms with E-state index in [4.69, 9.17) is 0 Å². The van der Waals surface area contributed by atoms with Crippen molar-refractivity contribution in [2.24, 2.45) is 0 Å². The zero-order valence-corrected chi connectivity index (χ0v) is 9.12. The van der Waals surface area contributed by atoms with Crippen molar-refractivity contribution >= 4 is 16.5 Å². The van der Waals surface area contributed by atoms with E-state index >= 15 is 0 Å². The van der Waals surface area contributed by atoms with Crippen molar-refractivity contribution in [2.75, 3.05) is 5.32 Å². The van der Waals surface area contributed by atoms with Crippen LogP contribution in [0, 0.1) is 0 Å². The van der Waals surface area contributed by atoms with Gasteiger partial charge in [-0.2, -0.15) is 0 Å². The highest BCUT2D eigenvalue weighted by Gasteiger charge is 2.26. The van der Waals surface area contributed by atoms with Crippen LogP contribution >= 0.6 is 0 Å². The molecule has 2 unspecified atom stereocenters. The number of rotatable bonds is 0. The Morgan fingerprint density at radius 3 is 2.67 bits per heavy atom. The van der Waals surface area contributed by atoms with Crippen LogP contribution in [0.3, 0.4) is 0 Å². The molecule has 3 rings (SSSR count). The van der Waals surface area contributed by atoms with Gasteiger partial charge in [0.15, 0.2) is 0 Å². The third-order valence-corrected chi connectivity index (χ3v) is 3.56. The van der Waals surface area contributed by atoms with Gasteiger partial charge in [0.25, 0.3) is 0 Å². The molecule has 0 saturated heterocycles. The highest BCUT2D eigenvalue weighted by Crippen LogP contribution is 2.40. The molecular formula is C14H15N. The standard InChI is InChI=1S/C14H15N/c1-9-10(2)15-13-8-7-11-5-3-4-6-12(11)14(9)13/h3-10,15H,1-2H3. The molecule has 0 fully saturated rings. The lowest BCUT2D eigenvalue weighted by Gasteiger charge is -2.10. The smallest absolute Gasteiger partial charge is 0.0384 e. The molecule has 76 valence electrons.